The van der Waals surface area contributed by atoms with Crippen molar-refractivity contribution >= 4 is 5.82 Å². The van der Waals surface area contributed by atoms with Crippen molar-refractivity contribution < 1.29 is 13.2 Å². The molecule has 0 saturated carbocycles. The Morgan fingerprint density at radius 2 is 1.66 bits per heavy atom. The van der Waals surface area contributed by atoms with E-state index in [-0.39, 0.29) is 39.8 Å². The predicted octanol–water partition coefficient (Wildman–Crippen LogP) is 4.54. The Kier molecular flexibility index (Phi) is 5.00. The van der Waals surface area contributed by atoms with Crippen LogP contribution in [0, 0.1) is 22.7 Å². The van der Waals surface area contributed by atoms with Gasteiger partial charge in [-0.3, -0.25) is 4.68 Å². The van der Waals surface area contributed by atoms with E-state index in [0.29, 0.717) is 5.56 Å². The fourth-order valence-corrected chi connectivity index (χ4v) is 2.89. The second-order valence-electron chi connectivity index (χ2n) is 6.57. The van der Waals surface area contributed by atoms with Crippen LogP contribution in [0.4, 0.5) is 19.0 Å². The van der Waals surface area contributed by atoms with E-state index >= 15 is 0 Å². The van der Waals surface area contributed by atoms with Crippen molar-refractivity contribution in [2.75, 3.05) is 5.73 Å². The molecule has 146 valence electrons. The largest absolute Gasteiger partial charge is 0.416 e. The van der Waals surface area contributed by atoms with Crippen molar-refractivity contribution in [2.45, 2.75) is 26.1 Å². The first kappa shape index (κ1) is 19.9. The smallest absolute Gasteiger partial charge is 0.383 e. The van der Waals surface area contributed by atoms with Crippen molar-refractivity contribution in [3.8, 4) is 34.5 Å². The van der Waals surface area contributed by atoms with Crippen LogP contribution in [0.5, 0.6) is 0 Å². The van der Waals surface area contributed by atoms with Crippen molar-refractivity contribution in [1.82, 2.24) is 14.8 Å². The van der Waals surface area contributed by atoms with E-state index in [1.54, 1.807) is 10.9 Å². The molecule has 9 heteroatoms. The summed E-state index contributed by atoms with van der Waals surface area (Å²) < 4.78 is 40.3. The molecule has 1 aromatic carbocycles. The number of rotatable bonds is 3. The minimum absolute atomic E-state index is 0.0406. The third-order valence-corrected chi connectivity index (χ3v) is 4.35. The maximum absolute atomic E-state index is 12.9. The number of benzene rings is 1. The van der Waals surface area contributed by atoms with Gasteiger partial charge in [-0.05, 0) is 31.5 Å². The van der Waals surface area contributed by atoms with Gasteiger partial charge in [-0.15, -0.1) is 0 Å². The number of halogens is 3. The average Bonchev–Trinajstić information content (AvgIpc) is 3.17. The molecule has 2 N–H and O–H groups in total. The summed E-state index contributed by atoms with van der Waals surface area (Å²) in [5.41, 5.74) is 6.22. The molecule has 0 atom stereocenters. The number of alkyl halides is 3. The lowest BCUT2D eigenvalue weighted by atomic mass is 9.92. The Hall–Kier alpha value is -3.85. The molecule has 0 bridgehead atoms. The van der Waals surface area contributed by atoms with Crippen molar-refractivity contribution in [2.24, 2.45) is 0 Å². The van der Waals surface area contributed by atoms with Gasteiger partial charge >= 0.3 is 6.18 Å². The fraction of sp³-hybridized carbons (Fsp3) is 0.200. The van der Waals surface area contributed by atoms with E-state index in [4.69, 9.17) is 5.73 Å². The van der Waals surface area contributed by atoms with Crippen LogP contribution in [0.1, 0.15) is 36.6 Å². The molecule has 0 aliphatic carbocycles. The zero-order chi connectivity index (χ0) is 21.3. The number of anilines is 1. The van der Waals surface area contributed by atoms with Crippen molar-refractivity contribution in [1.29, 1.82) is 10.5 Å². The predicted molar refractivity (Wildman–Crippen MR) is 100 cm³/mol. The summed E-state index contributed by atoms with van der Waals surface area (Å²) in [5, 5.41) is 23.5. The molecule has 6 nitrogen and oxygen atoms in total. The number of nitrogens with zero attached hydrogens (tertiary/aromatic N) is 5. The summed E-state index contributed by atoms with van der Waals surface area (Å²) >= 11 is 0. The number of aromatic nitrogens is 3. The van der Waals surface area contributed by atoms with Crippen LogP contribution in [-0.4, -0.2) is 14.8 Å². The minimum atomic E-state index is -4.50. The third-order valence-electron chi connectivity index (χ3n) is 4.35. The van der Waals surface area contributed by atoms with E-state index in [1.807, 2.05) is 26.0 Å². The lowest BCUT2D eigenvalue weighted by Gasteiger charge is -2.13. The highest BCUT2D eigenvalue weighted by Gasteiger charge is 2.30. The van der Waals surface area contributed by atoms with Gasteiger partial charge in [0.25, 0.3) is 0 Å². The minimum Gasteiger partial charge on any atom is -0.383 e. The van der Waals surface area contributed by atoms with Crippen LogP contribution in [0.3, 0.4) is 0 Å². The SMILES string of the molecule is CC(C)n1cc(-c2nc(N)c(C#N)c(-c3ccc(C(F)(F)F)cc3)c2C#N)cn1. The number of nitrogen functional groups attached to an aromatic ring is 1. The van der Waals surface area contributed by atoms with Gasteiger partial charge < -0.3 is 5.73 Å². The quantitative estimate of drug-likeness (QED) is 0.700. The van der Waals surface area contributed by atoms with Crippen LogP contribution in [0.2, 0.25) is 0 Å². The summed E-state index contributed by atoms with van der Waals surface area (Å²) in [6.07, 6.45) is -1.29. The molecular weight excluding hydrogens is 381 g/mol. The zero-order valence-electron chi connectivity index (χ0n) is 15.5. The number of nitrogens with two attached hydrogens (primary N) is 1. The Balaban J connectivity index is 2.27. The lowest BCUT2D eigenvalue weighted by molar-refractivity contribution is -0.137. The van der Waals surface area contributed by atoms with Gasteiger partial charge in [0.15, 0.2) is 0 Å². The van der Waals surface area contributed by atoms with Gasteiger partial charge in [0.2, 0.25) is 0 Å². The standard InChI is InChI=1S/C20H15F3N6/c1-11(2)29-10-13(9-27-29)18-15(7-24)17(16(8-25)19(26)28-18)12-3-5-14(6-4-12)20(21,22)23/h3-6,9-11H,1-2H3,(H2,26,28). The Morgan fingerprint density at radius 1 is 1.03 bits per heavy atom. The maximum atomic E-state index is 12.9. The Morgan fingerprint density at radius 3 is 2.14 bits per heavy atom. The first-order valence-electron chi connectivity index (χ1n) is 8.53. The molecule has 2 aromatic heterocycles. The van der Waals surface area contributed by atoms with Gasteiger partial charge in [0.05, 0.1) is 23.0 Å². The third kappa shape index (κ3) is 3.63. The first-order valence-corrected chi connectivity index (χ1v) is 8.53. The molecule has 0 fully saturated rings. The Bertz CT molecular complexity index is 1150. The molecule has 3 rings (SSSR count). The van der Waals surface area contributed by atoms with E-state index < -0.39 is 11.7 Å². The van der Waals surface area contributed by atoms with Crippen LogP contribution in [0.15, 0.2) is 36.7 Å². The highest BCUT2D eigenvalue weighted by molar-refractivity contribution is 5.86. The number of nitriles is 2. The molecule has 0 radical (unpaired) electrons. The second kappa shape index (κ2) is 7.28. The number of pyridine rings is 1. The summed E-state index contributed by atoms with van der Waals surface area (Å²) in [7, 11) is 0. The second-order valence-corrected chi connectivity index (χ2v) is 6.57. The number of hydrogen-bond donors (Lipinski definition) is 1. The van der Waals surface area contributed by atoms with E-state index in [2.05, 4.69) is 10.1 Å². The van der Waals surface area contributed by atoms with Crippen LogP contribution in [0.25, 0.3) is 22.4 Å². The highest BCUT2D eigenvalue weighted by atomic mass is 19.4. The zero-order valence-corrected chi connectivity index (χ0v) is 15.5. The average molecular weight is 396 g/mol. The van der Waals surface area contributed by atoms with Crippen LogP contribution >= 0.6 is 0 Å². The molecule has 3 aromatic rings. The molecule has 0 unspecified atom stereocenters. The van der Waals surface area contributed by atoms with Gasteiger partial charge in [-0.2, -0.15) is 28.8 Å². The molecule has 0 saturated heterocycles. The Labute approximate surface area is 164 Å². The summed E-state index contributed by atoms with van der Waals surface area (Å²) in [5.74, 6) is -0.117. The first-order chi connectivity index (χ1) is 13.7. The molecule has 29 heavy (non-hydrogen) atoms. The fourth-order valence-electron chi connectivity index (χ4n) is 2.89. The van der Waals surface area contributed by atoms with Gasteiger partial charge in [0.1, 0.15) is 23.5 Å². The lowest BCUT2D eigenvalue weighted by Crippen LogP contribution is -2.06. The van der Waals surface area contributed by atoms with Crippen LogP contribution in [-0.2, 0) is 6.18 Å². The topological polar surface area (TPSA) is 104 Å². The van der Waals surface area contributed by atoms with E-state index in [9.17, 15) is 23.7 Å². The van der Waals surface area contributed by atoms with Crippen LogP contribution < -0.4 is 5.73 Å². The summed E-state index contributed by atoms with van der Waals surface area (Å²) in [6, 6.07) is 8.19. The van der Waals surface area contributed by atoms with Crippen molar-refractivity contribution in [3.63, 3.8) is 0 Å². The van der Waals surface area contributed by atoms with Crippen molar-refractivity contribution in [3.05, 3.63) is 53.3 Å². The molecular formula is C20H15F3N6. The van der Waals surface area contributed by atoms with E-state index in [1.165, 1.54) is 18.3 Å². The summed E-state index contributed by atoms with van der Waals surface area (Å²) in [4.78, 5) is 4.20. The molecule has 0 aliphatic heterocycles. The monoisotopic (exact) mass is 396 g/mol. The normalized spacial score (nSPS) is 11.3. The highest BCUT2D eigenvalue weighted by Crippen LogP contribution is 2.37. The molecule has 0 aliphatic rings. The summed E-state index contributed by atoms with van der Waals surface area (Å²) in [6.45, 7) is 3.85. The van der Waals surface area contributed by atoms with Gasteiger partial charge in [-0.1, -0.05) is 12.1 Å². The molecule has 0 amide bonds. The van der Waals surface area contributed by atoms with Gasteiger partial charge in [-0.25, -0.2) is 4.98 Å². The maximum Gasteiger partial charge on any atom is 0.416 e. The molecule has 2 heterocycles. The van der Waals surface area contributed by atoms with E-state index in [0.717, 1.165) is 12.1 Å². The van der Waals surface area contributed by atoms with Gasteiger partial charge in [0, 0.05) is 23.4 Å². The molecule has 0 spiro atoms. The number of hydrogen-bond acceptors (Lipinski definition) is 5.